The summed E-state index contributed by atoms with van der Waals surface area (Å²) in [7, 11) is 0. The molecule has 0 aromatic rings. The van der Waals surface area contributed by atoms with Crippen molar-refractivity contribution in [2.24, 2.45) is 0 Å². The number of alkyl halides is 1. The Labute approximate surface area is 63.7 Å². The monoisotopic (exact) mass is 194 g/mol. The Morgan fingerprint density at radius 2 is 2.44 bits per heavy atom. The minimum Gasteiger partial charge on any atom is -0.352 e. The lowest BCUT2D eigenvalue weighted by atomic mass is 10.3. The molecule has 1 heterocycles. The van der Waals surface area contributed by atoms with E-state index in [2.05, 4.69) is 22.9 Å². The van der Waals surface area contributed by atoms with Crippen LogP contribution in [0.15, 0.2) is 0 Å². The lowest BCUT2D eigenvalue weighted by Gasteiger charge is -2.26. The predicted octanol–water partition coefficient (Wildman–Crippen LogP) is 1.53. The fraction of sp³-hybridized carbons (Fsp3) is 1.00. The summed E-state index contributed by atoms with van der Waals surface area (Å²) >= 11 is 3.29. The molecule has 0 bridgehead atoms. The highest BCUT2D eigenvalue weighted by Gasteiger charge is 2.17. The van der Waals surface area contributed by atoms with Gasteiger partial charge < -0.3 is 9.47 Å². The summed E-state index contributed by atoms with van der Waals surface area (Å²) in [4.78, 5) is 0. The molecule has 1 aliphatic heterocycles. The Morgan fingerprint density at radius 3 is 2.89 bits per heavy atom. The van der Waals surface area contributed by atoms with E-state index in [0.717, 1.165) is 18.4 Å². The molecule has 2 unspecified atom stereocenters. The van der Waals surface area contributed by atoms with E-state index in [-0.39, 0.29) is 6.29 Å². The van der Waals surface area contributed by atoms with Crippen LogP contribution in [0.1, 0.15) is 13.3 Å². The highest BCUT2D eigenvalue weighted by Crippen LogP contribution is 2.12. The Hall–Kier alpha value is 0.400. The number of hydrogen-bond acceptors (Lipinski definition) is 2. The minimum absolute atomic E-state index is 0.0197. The molecule has 2 nitrogen and oxygen atoms in total. The third-order valence-corrected chi connectivity index (χ3v) is 1.87. The van der Waals surface area contributed by atoms with Gasteiger partial charge in [0, 0.05) is 0 Å². The third kappa shape index (κ3) is 2.24. The van der Waals surface area contributed by atoms with Gasteiger partial charge in [-0.25, -0.2) is 0 Å². The van der Waals surface area contributed by atoms with Crippen LogP contribution in [-0.2, 0) is 9.47 Å². The lowest BCUT2D eigenvalue weighted by Crippen LogP contribution is -2.31. The summed E-state index contributed by atoms with van der Waals surface area (Å²) in [6.45, 7) is 2.90. The SMILES string of the molecule is CC1CCOC(CBr)O1. The first-order valence-corrected chi connectivity index (χ1v) is 4.28. The molecule has 0 N–H and O–H groups in total. The molecular weight excluding hydrogens is 184 g/mol. The van der Waals surface area contributed by atoms with Gasteiger partial charge in [-0.3, -0.25) is 0 Å². The predicted molar refractivity (Wildman–Crippen MR) is 38.7 cm³/mol. The number of rotatable bonds is 1. The van der Waals surface area contributed by atoms with Crippen LogP contribution in [0.5, 0.6) is 0 Å². The zero-order valence-corrected chi connectivity index (χ0v) is 7.06. The maximum Gasteiger partial charge on any atom is 0.167 e. The van der Waals surface area contributed by atoms with Crippen LogP contribution in [0.25, 0.3) is 0 Å². The zero-order chi connectivity index (χ0) is 6.69. The molecule has 3 heteroatoms. The molecule has 0 amide bonds. The van der Waals surface area contributed by atoms with E-state index in [1.54, 1.807) is 0 Å². The van der Waals surface area contributed by atoms with Gasteiger partial charge in [-0.15, -0.1) is 0 Å². The molecule has 0 radical (unpaired) electrons. The maximum absolute atomic E-state index is 5.37. The second-order valence-corrected chi connectivity index (χ2v) is 2.84. The highest BCUT2D eigenvalue weighted by molar-refractivity contribution is 9.09. The first-order chi connectivity index (χ1) is 4.33. The second-order valence-electron chi connectivity index (χ2n) is 2.19. The van der Waals surface area contributed by atoms with Crippen LogP contribution in [0.4, 0.5) is 0 Å². The summed E-state index contributed by atoms with van der Waals surface area (Å²) < 4.78 is 10.6. The van der Waals surface area contributed by atoms with Crippen LogP contribution in [0, 0.1) is 0 Å². The normalized spacial score (nSPS) is 36.7. The molecule has 54 valence electrons. The molecule has 0 spiro atoms. The Kier molecular flexibility index (Phi) is 2.95. The van der Waals surface area contributed by atoms with Gasteiger partial charge in [0.2, 0.25) is 0 Å². The summed E-state index contributed by atoms with van der Waals surface area (Å²) in [5.41, 5.74) is 0. The van der Waals surface area contributed by atoms with Gasteiger partial charge in [-0.2, -0.15) is 0 Å². The van der Waals surface area contributed by atoms with E-state index in [4.69, 9.17) is 9.47 Å². The van der Waals surface area contributed by atoms with Crippen molar-refractivity contribution in [2.75, 3.05) is 11.9 Å². The minimum atomic E-state index is -0.0197. The fourth-order valence-corrected chi connectivity index (χ4v) is 1.15. The smallest absolute Gasteiger partial charge is 0.167 e. The van der Waals surface area contributed by atoms with Crippen LogP contribution in [0.2, 0.25) is 0 Å². The zero-order valence-electron chi connectivity index (χ0n) is 5.47. The van der Waals surface area contributed by atoms with Gasteiger partial charge in [-0.1, -0.05) is 15.9 Å². The molecule has 0 aromatic carbocycles. The summed E-state index contributed by atoms with van der Waals surface area (Å²) in [5, 5.41) is 0.775. The average molecular weight is 195 g/mol. The van der Waals surface area contributed by atoms with E-state index in [0.29, 0.717) is 6.10 Å². The first-order valence-electron chi connectivity index (χ1n) is 3.16. The Bertz CT molecular complexity index is 87.1. The largest absolute Gasteiger partial charge is 0.352 e. The topological polar surface area (TPSA) is 18.5 Å². The number of hydrogen-bond donors (Lipinski definition) is 0. The van der Waals surface area contributed by atoms with Crippen molar-refractivity contribution in [3.05, 3.63) is 0 Å². The van der Waals surface area contributed by atoms with E-state index in [1.165, 1.54) is 0 Å². The van der Waals surface area contributed by atoms with Crippen molar-refractivity contribution in [1.29, 1.82) is 0 Å². The van der Waals surface area contributed by atoms with Crippen molar-refractivity contribution < 1.29 is 9.47 Å². The Morgan fingerprint density at radius 1 is 1.67 bits per heavy atom. The third-order valence-electron chi connectivity index (χ3n) is 1.34. The van der Waals surface area contributed by atoms with Crippen LogP contribution in [-0.4, -0.2) is 24.3 Å². The average Bonchev–Trinajstić information content (AvgIpc) is 1.88. The number of ether oxygens (including phenoxy) is 2. The second kappa shape index (κ2) is 3.54. The fourth-order valence-electron chi connectivity index (χ4n) is 0.813. The summed E-state index contributed by atoms with van der Waals surface area (Å²) in [6, 6.07) is 0. The molecule has 1 rings (SSSR count). The van der Waals surface area contributed by atoms with Gasteiger partial charge in [0.25, 0.3) is 0 Å². The first kappa shape index (κ1) is 7.51. The van der Waals surface area contributed by atoms with Crippen molar-refractivity contribution in [2.45, 2.75) is 25.7 Å². The molecular formula is C6H11BrO2. The molecule has 0 aliphatic carbocycles. The van der Waals surface area contributed by atoms with Crippen LogP contribution >= 0.6 is 15.9 Å². The van der Waals surface area contributed by atoms with E-state index in [9.17, 15) is 0 Å². The van der Waals surface area contributed by atoms with E-state index in [1.807, 2.05) is 0 Å². The van der Waals surface area contributed by atoms with Crippen molar-refractivity contribution in [3.63, 3.8) is 0 Å². The van der Waals surface area contributed by atoms with Gasteiger partial charge in [0.05, 0.1) is 18.0 Å². The maximum atomic E-state index is 5.37. The summed E-state index contributed by atoms with van der Waals surface area (Å²) in [5.74, 6) is 0. The van der Waals surface area contributed by atoms with E-state index < -0.39 is 0 Å². The molecule has 1 aliphatic rings. The standard InChI is InChI=1S/C6H11BrO2/c1-5-2-3-8-6(4-7)9-5/h5-6H,2-4H2,1H3. The van der Waals surface area contributed by atoms with Crippen LogP contribution in [0.3, 0.4) is 0 Å². The van der Waals surface area contributed by atoms with Gasteiger partial charge >= 0.3 is 0 Å². The quantitative estimate of drug-likeness (QED) is 0.590. The van der Waals surface area contributed by atoms with Crippen molar-refractivity contribution in [3.8, 4) is 0 Å². The summed E-state index contributed by atoms with van der Waals surface area (Å²) in [6.07, 6.45) is 1.36. The van der Waals surface area contributed by atoms with Crippen LogP contribution < -0.4 is 0 Å². The van der Waals surface area contributed by atoms with E-state index >= 15 is 0 Å². The molecule has 1 fully saturated rings. The van der Waals surface area contributed by atoms with Crippen molar-refractivity contribution in [1.82, 2.24) is 0 Å². The van der Waals surface area contributed by atoms with Crippen molar-refractivity contribution >= 4 is 15.9 Å². The molecule has 0 aromatic heterocycles. The highest BCUT2D eigenvalue weighted by atomic mass is 79.9. The van der Waals surface area contributed by atoms with Gasteiger partial charge in [0.15, 0.2) is 6.29 Å². The molecule has 0 saturated carbocycles. The Balaban J connectivity index is 2.23. The van der Waals surface area contributed by atoms with Gasteiger partial charge in [-0.05, 0) is 13.3 Å². The molecule has 1 saturated heterocycles. The molecule has 9 heavy (non-hydrogen) atoms. The van der Waals surface area contributed by atoms with Gasteiger partial charge in [0.1, 0.15) is 0 Å². The lowest BCUT2D eigenvalue weighted by molar-refractivity contribution is -0.193. The number of halogens is 1. The molecule has 2 atom stereocenters.